The molecule has 98 valence electrons. The van der Waals surface area contributed by atoms with E-state index in [1.807, 2.05) is 18.2 Å². The molecule has 0 aliphatic carbocycles. The van der Waals surface area contributed by atoms with Crippen molar-refractivity contribution >= 4 is 17.3 Å². The Hall–Kier alpha value is -2.43. The molecule has 2 N–H and O–H groups in total. The zero-order valence-corrected chi connectivity index (χ0v) is 9.99. The highest BCUT2D eigenvalue weighted by atomic mass is 19.2. The van der Waals surface area contributed by atoms with Crippen molar-refractivity contribution in [3.63, 3.8) is 0 Å². The number of para-hydroxylation sites is 1. The quantitative estimate of drug-likeness (QED) is 0.889. The Bertz CT molecular complexity index is 573. The number of carbonyl (C=O) groups excluding carboxylic acids is 1. The van der Waals surface area contributed by atoms with Gasteiger partial charge in [-0.3, -0.25) is 4.79 Å². The van der Waals surface area contributed by atoms with Crippen molar-refractivity contribution in [2.75, 3.05) is 17.2 Å². The van der Waals surface area contributed by atoms with Gasteiger partial charge in [-0.25, -0.2) is 8.78 Å². The van der Waals surface area contributed by atoms with E-state index in [0.717, 1.165) is 11.8 Å². The van der Waals surface area contributed by atoms with Crippen LogP contribution in [0, 0.1) is 11.6 Å². The second kappa shape index (κ2) is 5.95. The van der Waals surface area contributed by atoms with Gasteiger partial charge >= 0.3 is 0 Å². The van der Waals surface area contributed by atoms with Crippen LogP contribution in [0.5, 0.6) is 0 Å². The van der Waals surface area contributed by atoms with Crippen molar-refractivity contribution in [3.8, 4) is 0 Å². The van der Waals surface area contributed by atoms with Crippen LogP contribution in [0.2, 0.25) is 0 Å². The Morgan fingerprint density at radius 1 is 1.00 bits per heavy atom. The lowest BCUT2D eigenvalue weighted by molar-refractivity contribution is -0.114. The second-order valence-corrected chi connectivity index (χ2v) is 3.87. The molecule has 0 aliphatic heterocycles. The number of benzene rings is 2. The summed E-state index contributed by atoms with van der Waals surface area (Å²) in [7, 11) is 0. The van der Waals surface area contributed by atoms with Crippen molar-refractivity contribution in [2.24, 2.45) is 0 Å². The molecule has 0 unspecified atom stereocenters. The molecule has 2 rings (SSSR count). The average molecular weight is 262 g/mol. The van der Waals surface area contributed by atoms with E-state index in [1.165, 1.54) is 12.1 Å². The fraction of sp³-hybridized carbons (Fsp3) is 0.0714. The van der Waals surface area contributed by atoms with Gasteiger partial charge in [-0.15, -0.1) is 0 Å². The van der Waals surface area contributed by atoms with Gasteiger partial charge in [-0.1, -0.05) is 24.3 Å². The molecule has 0 spiro atoms. The van der Waals surface area contributed by atoms with E-state index in [-0.39, 0.29) is 12.2 Å². The summed E-state index contributed by atoms with van der Waals surface area (Å²) in [6, 6.07) is 12.7. The minimum absolute atomic E-state index is 0.0278. The molecule has 0 aliphatic rings. The lowest BCUT2D eigenvalue weighted by Crippen LogP contribution is -2.22. The topological polar surface area (TPSA) is 41.1 Å². The number of amides is 1. The third-order valence-corrected chi connectivity index (χ3v) is 2.45. The summed E-state index contributed by atoms with van der Waals surface area (Å²) in [4.78, 5) is 11.6. The Morgan fingerprint density at radius 3 is 2.47 bits per heavy atom. The van der Waals surface area contributed by atoms with Crippen molar-refractivity contribution in [1.82, 2.24) is 0 Å². The standard InChI is InChI=1S/C14H12F2N2O/c15-11-7-4-8-12(14(11)16)18-13(19)9-17-10-5-2-1-3-6-10/h1-8,17H,9H2,(H,18,19). The summed E-state index contributed by atoms with van der Waals surface area (Å²) < 4.78 is 26.3. The monoisotopic (exact) mass is 262 g/mol. The SMILES string of the molecule is O=C(CNc1ccccc1)Nc1cccc(F)c1F. The number of nitrogens with one attached hydrogen (secondary N) is 2. The predicted molar refractivity (Wildman–Crippen MR) is 69.9 cm³/mol. The largest absolute Gasteiger partial charge is 0.376 e. The van der Waals surface area contributed by atoms with Gasteiger partial charge in [0.25, 0.3) is 0 Å². The summed E-state index contributed by atoms with van der Waals surface area (Å²) in [6.07, 6.45) is 0. The molecule has 0 saturated heterocycles. The number of rotatable bonds is 4. The summed E-state index contributed by atoms with van der Waals surface area (Å²) in [5, 5.41) is 5.18. The zero-order chi connectivity index (χ0) is 13.7. The zero-order valence-electron chi connectivity index (χ0n) is 9.99. The van der Waals surface area contributed by atoms with Gasteiger partial charge in [0.05, 0.1) is 12.2 Å². The Morgan fingerprint density at radius 2 is 1.74 bits per heavy atom. The molecule has 2 aromatic rings. The molecule has 0 saturated carbocycles. The van der Waals surface area contributed by atoms with Crippen molar-refractivity contribution in [1.29, 1.82) is 0 Å². The normalized spacial score (nSPS) is 10.0. The summed E-state index contributed by atoms with van der Waals surface area (Å²) >= 11 is 0. The highest BCUT2D eigenvalue weighted by Crippen LogP contribution is 2.16. The van der Waals surface area contributed by atoms with Crippen LogP contribution in [0.3, 0.4) is 0 Å². The fourth-order valence-corrected chi connectivity index (χ4v) is 1.53. The molecular weight excluding hydrogens is 250 g/mol. The van der Waals surface area contributed by atoms with E-state index in [9.17, 15) is 13.6 Å². The van der Waals surface area contributed by atoms with Gasteiger partial charge in [0, 0.05) is 5.69 Å². The molecule has 0 fully saturated rings. The van der Waals surface area contributed by atoms with E-state index in [2.05, 4.69) is 10.6 Å². The molecular formula is C14H12F2N2O. The van der Waals surface area contributed by atoms with E-state index in [4.69, 9.17) is 0 Å². The van der Waals surface area contributed by atoms with Crippen LogP contribution < -0.4 is 10.6 Å². The number of hydrogen-bond acceptors (Lipinski definition) is 2. The first-order valence-electron chi connectivity index (χ1n) is 5.69. The van der Waals surface area contributed by atoms with Crippen molar-refractivity contribution < 1.29 is 13.6 Å². The second-order valence-electron chi connectivity index (χ2n) is 3.87. The van der Waals surface area contributed by atoms with E-state index in [0.29, 0.717) is 0 Å². The van der Waals surface area contributed by atoms with E-state index >= 15 is 0 Å². The van der Waals surface area contributed by atoms with Crippen LogP contribution in [0.15, 0.2) is 48.5 Å². The van der Waals surface area contributed by atoms with Crippen LogP contribution in [0.1, 0.15) is 0 Å². The maximum absolute atomic E-state index is 13.3. The molecule has 0 radical (unpaired) electrons. The molecule has 0 atom stereocenters. The first kappa shape index (κ1) is 13.0. The summed E-state index contributed by atoms with van der Waals surface area (Å²) in [5.41, 5.74) is 0.609. The lowest BCUT2D eigenvalue weighted by atomic mass is 10.3. The summed E-state index contributed by atoms with van der Waals surface area (Å²) in [5.74, 6) is -2.50. The number of anilines is 2. The number of hydrogen-bond donors (Lipinski definition) is 2. The third kappa shape index (κ3) is 3.51. The maximum Gasteiger partial charge on any atom is 0.243 e. The van der Waals surface area contributed by atoms with Crippen LogP contribution in [-0.4, -0.2) is 12.5 Å². The number of carbonyl (C=O) groups is 1. The van der Waals surface area contributed by atoms with Crippen LogP contribution in [0.4, 0.5) is 20.2 Å². The van der Waals surface area contributed by atoms with Crippen LogP contribution >= 0.6 is 0 Å². The molecule has 1 amide bonds. The van der Waals surface area contributed by atoms with Gasteiger partial charge < -0.3 is 10.6 Å². The molecule has 19 heavy (non-hydrogen) atoms. The minimum atomic E-state index is -1.06. The smallest absolute Gasteiger partial charge is 0.243 e. The molecule has 5 heteroatoms. The molecule has 0 bridgehead atoms. The van der Waals surface area contributed by atoms with Crippen molar-refractivity contribution in [2.45, 2.75) is 0 Å². The Balaban J connectivity index is 1.93. The van der Waals surface area contributed by atoms with E-state index in [1.54, 1.807) is 12.1 Å². The van der Waals surface area contributed by atoms with Crippen LogP contribution in [-0.2, 0) is 4.79 Å². The molecule has 2 aromatic carbocycles. The van der Waals surface area contributed by atoms with Crippen LogP contribution in [0.25, 0.3) is 0 Å². The first-order valence-corrected chi connectivity index (χ1v) is 5.69. The van der Waals surface area contributed by atoms with E-state index < -0.39 is 17.5 Å². The lowest BCUT2D eigenvalue weighted by Gasteiger charge is -2.08. The molecule has 0 aromatic heterocycles. The van der Waals surface area contributed by atoms with Gasteiger partial charge in [0.2, 0.25) is 5.91 Å². The Labute approximate surface area is 109 Å². The Kier molecular flexibility index (Phi) is 4.07. The highest BCUT2D eigenvalue weighted by molar-refractivity contribution is 5.93. The summed E-state index contributed by atoms with van der Waals surface area (Å²) in [6.45, 7) is -0.0278. The predicted octanol–water partition coefficient (Wildman–Crippen LogP) is 3.02. The average Bonchev–Trinajstić information content (AvgIpc) is 2.43. The van der Waals surface area contributed by atoms with Crippen molar-refractivity contribution in [3.05, 3.63) is 60.2 Å². The highest BCUT2D eigenvalue weighted by Gasteiger charge is 2.10. The first-order chi connectivity index (χ1) is 9.16. The third-order valence-electron chi connectivity index (χ3n) is 2.45. The van der Waals surface area contributed by atoms with Gasteiger partial charge in [-0.05, 0) is 24.3 Å². The van der Waals surface area contributed by atoms with Gasteiger partial charge in [0.15, 0.2) is 11.6 Å². The maximum atomic E-state index is 13.3. The number of halogens is 2. The van der Waals surface area contributed by atoms with Gasteiger partial charge in [-0.2, -0.15) is 0 Å². The fourth-order valence-electron chi connectivity index (χ4n) is 1.53. The molecule has 3 nitrogen and oxygen atoms in total. The van der Waals surface area contributed by atoms with Gasteiger partial charge in [0.1, 0.15) is 0 Å². The molecule has 0 heterocycles. The minimum Gasteiger partial charge on any atom is -0.376 e.